The standard InChI is InChI=1S/C11H22O3/c1-4-6-8-11(3,13)10(12)14-9-7-5-2/h13H,4-9H2,1-3H3. The first-order chi connectivity index (χ1) is 6.54. The SMILES string of the molecule is CCCCOC(=O)C(C)(O)CCCC. The fourth-order valence-corrected chi connectivity index (χ4v) is 1.09. The molecule has 0 aliphatic carbocycles. The lowest BCUT2D eigenvalue weighted by atomic mass is 10.00. The highest BCUT2D eigenvalue weighted by Gasteiger charge is 2.30. The van der Waals surface area contributed by atoms with Crippen molar-refractivity contribution in [2.75, 3.05) is 6.61 Å². The summed E-state index contributed by atoms with van der Waals surface area (Å²) in [4.78, 5) is 11.4. The summed E-state index contributed by atoms with van der Waals surface area (Å²) >= 11 is 0. The van der Waals surface area contributed by atoms with Gasteiger partial charge >= 0.3 is 5.97 Å². The molecule has 0 saturated heterocycles. The van der Waals surface area contributed by atoms with Crippen molar-refractivity contribution in [1.82, 2.24) is 0 Å². The van der Waals surface area contributed by atoms with Crippen LogP contribution in [0.4, 0.5) is 0 Å². The highest BCUT2D eigenvalue weighted by atomic mass is 16.5. The van der Waals surface area contributed by atoms with Crippen LogP contribution in [0.25, 0.3) is 0 Å². The Balaban J connectivity index is 3.82. The van der Waals surface area contributed by atoms with Crippen LogP contribution in [0.2, 0.25) is 0 Å². The fourth-order valence-electron chi connectivity index (χ4n) is 1.09. The van der Waals surface area contributed by atoms with Gasteiger partial charge in [0.2, 0.25) is 0 Å². The van der Waals surface area contributed by atoms with Crippen molar-refractivity contribution in [3.63, 3.8) is 0 Å². The molecule has 0 aliphatic heterocycles. The van der Waals surface area contributed by atoms with Crippen LogP contribution in [0.5, 0.6) is 0 Å². The molecule has 0 rings (SSSR count). The smallest absolute Gasteiger partial charge is 0.337 e. The molecule has 1 unspecified atom stereocenters. The molecule has 0 aliphatic rings. The minimum atomic E-state index is -1.30. The van der Waals surface area contributed by atoms with Gasteiger partial charge in [0.05, 0.1) is 6.61 Å². The molecule has 0 radical (unpaired) electrons. The molecule has 0 bridgehead atoms. The number of rotatable bonds is 7. The number of hydrogen-bond acceptors (Lipinski definition) is 3. The average molecular weight is 202 g/mol. The monoisotopic (exact) mass is 202 g/mol. The third kappa shape index (κ3) is 5.22. The molecule has 0 aromatic heterocycles. The van der Waals surface area contributed by atoms with Gasteiger partial charge in [0.25, 0.3) is 0 Å². The molecule has 0 saturated carbocycles. The normalized spacial score (nSPS) is 14.9. The molecule has 1 atom stereocenters. The minimum absolute atomic E-state index is 0.414. The predicted octanol–water partition coefficient (Wildman–Crippen LogP) is 2.27. The Labute approximate surface area is 86.5 Å². The number of esters is 1. The molecule has 0 heterocycles. The highest BCUT2D eigenvalue weighted by Crippen LogP contribution is 2.15. The lowest BCUT2D eigenvalue weighted by molar-refractivity contribution is -0.164. The summed E-state index contributed by atoms with van der Waals surface area (Å²) in [5, 5.41) is 9.74. The van der Waals surface area contributed by atoms with Crippen LogP contribution in [-0.2, 0) is 9.53 Å². The molecule has 0 fully saturated rings. The zero-order valence-corrected chi connectivity index (χ0v) is 9.51. The van der Waals surface area contributed by atoms with E-state index in [0.29, 0.717) is 13.0 Å². The van der Waals surface area contributed by atoms with E-state index in [1.807, 2.05) is 13.8 Å². The molecule has 1 N–H and O–H groups in total. The van der Waals surface area contributed by atoms with Crippen molar-refractivity contribution in [3.05, 3.63) is 0 Å². The van der Waals surface area contributed by atoms with Gasteiger partial charge in [-0.3, -0.25) is 0 Å². The van der Waals surface area contributed by atoms with Crippen molar-refractivity contribution in [2.45, 2.75) is 58.5 Å². The van der Waals surface area contributed by atoms with Crippen LogP contribution in [0.3, 0.4) is 0 Å². The van der Waals surface area contributed by atoms with E-state index in [1.54, 1.807) is 0 Å². The number of ether oxygens (including phenoxy) is 1. The summed E-state index contributed by atoms with van der Waals surface area (Å²) in [5.74, 6) is -0.487. The Morgan fingerprint density at radius 2 is 1.86 bits per heavy atom. The van der Waals surface area contributed by atoms with E-state index in [4.69, 9.17) is 4.74 Å². The van der Waals surface area contributed by atoms with Gasteiger partial charge in [0.15, 0.2) is 5.60 Å². The first-order valence-corrected chi connectivity index (χ1v) is 5.44. The molecular weight excluding hydrogens is 180 g/mol. The average Bonchev–Trinajstić information content (AvgIpc) is 2.15. The van der Waals surface area contributed by atoms with Gasteiger partial charge < -0.3 is 9.84 Å². The molecular formula is C11H22O3. The second-order valence-electron chi connectivity index (χ2n) is 3.87. The number of carbonyl (C=O) groups is 1. The van der Waals surface area contributed by atoms with E-state index >= 15 is 0 Å². The van der Waals surface area contributed by atoms with Gasteiger partial charge in [-0.25, -0.2) is 4.79 Å². The minimum Gasteiger partial charge on any atom is -0.464 e. The van der Waals surface area contributed by atoms with Gasteiger partial charge in [-0.05, 0) is 19.8 Å². The van der Waals surface area contributed by atoms with Crippen LogP contribution in [0.15, 0.2) is 0 Å². The van der Waals surface area contributed by atoms with Gasteiger partial charge in [0, 0.05) is 0 Å². The van der Waals surface area contributed by atoms with Crippen LogP contribution >= 0.6 is 0 Å². The van der Waals surface area contributed by atoms with Crippen molar-refractivity contribution in [2.24, 2.45) is 0 Å². The third-order valence-corrected chi connectivity index (χ3v) is 2.19. The fraction of sp³-hybridized carbons (Fsp3) is 0.909. The number of unbranched alkanes of at least 4 members (excludes halogenated alkanes) is 2. The van der Waals surface area contributed by atoms with Crippen LogP contribution < -0.4 is 0 Å². The Kier molecular flexibility index (Phi) is 6.54. The Hall–Kier alpha value is -0.570. The van der Waals surface area contributed by atoms with E-state index in [0.717, 1.165) is 25.7 Å². The molecule has 14 heavy (non-hydrogen) atoms. The Morgan fingerprint density at radius 3 is 2.36 bits per heavy atom. The molecule has 3 nitrogen and oxygen atoms in total. The van der Waals surface area contributed by atoms with Gasteiger partial charge in [-0.1, -0.05) is 33.1 Å². The third-order valence-electron chi connectivity index (χ3n) is 2.19. The van der Waals surface area contributed by atoms with Crippen LogP contribution in [0.1, 0.15) is 52.9 Å². The predicted molar refractivity (Wildman–Crippen MR) is 56.0 cm³/mol. The van der Waals surface area contributed by atoms with E-state index in [2.05, 4.69) is 0 Å². The van der Waals surface area contributed by atoms with Crippen LogP contribution in [-0.4, -0.2) is 23.3 Å². The largest absolute Gasteiger partial charge is 0.464 e. The van der Waals surface area contributed by atoms with E-state index in [9.17, 15) is 9.90 Å². The molecule has 0 spiro atoms. The number of hydrogen-bond donors (Lipinski definition) is 1. The van der Waals surface area contributed by atoms with Gasteiger partial charge in [-0.15, -0.1) is 0 Å². The maximum Gasteiger partial charge on any atom is 0.337 e. The lowest BCUT2D eigenvalue weighted by Crippen LogP contribution is -2.36. The second kappa shape index (κ2) is 6.82. The zero-order chi connectivity index (χ0) is 11.0. The molecule has 0 aromatic rings. The quantitative estimate of drug-likeness (QED) is 0.509. The molecule has 0 aromatic carbocycles. The van der Waals surface area contributed by atoms with Gasteiger partial charge in [0.1, 0.15) is 0 Å². The number of aliphatic hydroxyl groups is 1. The topological polar surface area (TPSA) is 46.5 Å². The molecule has 84 valence electrons. The summed E-state index contributed by atoms with van der Waals surface area (Å²) in [6.07, 6.45) is 4.14. The summed E-state index contributed by atoms with van der Waals surface area (Å²) in [6.45, 7) is 6.00. The van der Waals surface area contributed by atoms with Crippen molar-refractivity contribution in [3.8, 4) is 0 Å². The summed E-state index contributed by atoms with van der Waals surface area (Å²) < 4.78 is 4.96. The molecule has 3 heteroatoms. The Morgan fingerprint density at radius 1 is 1.29 bits per heavy atom. The second-order valence-corrected chi connectivity index (χ2v) is 3.87. The highest BCUT2D eigenvalue weighted by molar-refractivity contribution is 5.78. The number of carbonyl (C=O) groups excluding carboxylic acids is 1. The van der Waals surface area contributed by atoms with Crippen molar-refractivity contribution < 1.29 is 14.6 Å². The van der Waals surface area contributed by atoms with E-state index < -0.39 is 11.6 Å². The maximum atomic E-state index is 11.4. The lowest BCUT2D eigenvalue weighted by Gasteiger charge is -2.20. The van der Waals surface area contributed by atoms with Gasteiger partial charge in [-0.2, -0.15) is 0 Å². The first-order valence-electron chi connectivity index (χ1n) is 5.44. The first kappa shape index (κ1) is 13.4. The van der Waals surface area contributed by atoms with Crippen molar-refractivity contribution >= 4 is 5.97 Å². The summed E-state index contributed by atoms with van der Waals surface area (Å²) in [7, 11) is 0. The molecule has 0 amide bonds. The summed E-state index contributed by atoms with van der Waals surface area (Å²) in [5.41, 5.74) is -1.30. The summed E-state index contributed by atoms with van der Waals surface area (Å²) in [6, 6.07) is 0. The van der Waals surface area contributed by atoms with Crippen LogP contribution in [0, 0.1) is 0 Å². The Bertz CT molecular complexity index is 164. The zero-order valence-electron chi connectivity index (χ0n) is 9.51. The van der Waals surface area contributed by atoms with E-state index in [-0.39, 0.29) is 0 Å². The van der Waals surface area contributed by atoms with E-state index in [1.165, 1.54) is 6.92 Å². The van der Waals surface area contributed by atoms with Crippen molar-refractivity contribution in [1.29, 1.82) is 0 Å². The maximum absolute atomic E-state index is 11.4.